The van der Waals surface area contributed by atoms with Crippen molar-refractivity contribution in [2.75, 3.05) is 11.9 Å². The largest absolute Gasteiger partial charge is 0.483 e. The molecule has 30 heavy (non-hydrogen) atoms. The zero-order valence-corrected chi connectivity index (χ0v) is 16.2. The number of aryl methyl sites for hydroxylation is 1. The normalized spacial score (nSPS) is 10.8. The van der Waals surface area contributed by atoms with E-state index in [1.807, 2.05) is 30.3 Å². The van der Waals surface area contributed by atoms with Crippen LogP contribution in [0.5, 0.6) is 5.75 Å². The van der Waals surface area contributed by atoms with Gasteiger partial charge in [0.15, 0.2) is 6.61 Å². The molecule has 1 aromatic heterocycles. The highest BCUT2D eigenvalue weighted by molar-refractivity contribution is 5.93. The van der Waals surface area contributed by atoms with E-state index in [-0.39, 0.29) is 6.61 Å². The Labute approximate surface area is 172 Å². The van der Waals surface area contributed by atoms with E-state index in [2.05, 4.69) is 10.3 Å². The fourth-order valence-electron chi connectivity index (χ4n) is 3.05. The molecule has 0 bridgehead atoms. The van der Waals surface area contributed by atoms with E-state index in [0.717, 1.165) is 5.56 Å². The summed E-state index contributed by atoms with van der Waals surface area (Å²) < 4.78 is 33.2. The van der Waals surface area contributed by atoms with E-state index in [9.17, 15) is 13.6 Å². The Bertz CT molecular complexity index is 1230. The molecular weight excluding hydrogens is 386 g/mol. The van der Waals surface area contributed by atoms with Crippen molar-refractivity contribution >= 4 is 22.5 Å². The number of nitrogens with one attached hydrogen (secondary N) is 1. The number of anilines is 1. The number of carbonyl (C=O) groups excluding carboxylic acids is 1. The molecule has 0 fully saturated rings. The molecule has 3 aromatic carbocycles. The molecule has 4 aromatic rings. The van der Waals surface area contributed by atoms with Crippen molar-refractivity contribution in [2.24, 2.45) is 0 Å². The Morgan fingerprint density at radius 2 is 1.80 bits per heavy atom. The van der Waals surface area contributed by atoms with E-state index in [1.165, 1.54) is 18.2 Å². The number of aromatic nitrogens is 1. The Kier molecular flexibility index (Phi) is 5.39. The van der Waals surface area contributed by atoms with Crippen molar-refractivity contribution in [1.82, 2.24) is 4.98 Å². The van der Waals surface area contributed by atoms with E-state index in [4.69, 9.17) is 4.74 Å². The fourth-order valence-corrected chi connectivity index (χ4v) is 3.05. The number of halogens is 2. The summed E-state index contributed by atoms with van der Waals surface area (Å²) >= 11 is 0. The second-order valence-electron chi connectivity index (χ2n) is 6.83. The second kappa shape index (κ2) is 8.29. The lowest BCUT2D eigenvalue weighted by Crippen LogP contribution is -2.20. The van der Waals surface area contributed by atoms with Crippen LogP contribution >= 0.6 is 0 Å². The summed E-state index contributed by atoms with van der Waals surface area (Å²) in [5, 5.41) is 3.05. The van der Waals surface area contributed by atoms with Crippen LogP contribution in [0.1, 0.15) is 5.56 Å². The Hall–Kier alpha value is -3.80. The van der Waals surface area contributed by atoms with Crippen LogP contribution in [-0.2, 0) is 4.79 Å². The molecule has 1 N–H and O–H groups in total. The van der Waals surface area contributed by atoms with Gasteiger partial charge in [-0.05, 0) is 42.8 Å². The Morgan fingerprint density at radius 3 is 2.57 bits per heavy atom. The number of ether oxygens (including phenoxy) is 1. The van der Waals surface area contributed by atoms with E-state index < -0.39 is 17.5 Å². The van der Waals surface area contributed by atoms with Gasteiger partial charge in [0, 0.05) is 22.7 Å². The van der Waals surface area contributed by atoms with E-state index in [1.54, 1.807) is 31.2 Å². The van der Waals surface area contributed by atoms with Gasteiger partial charge in [0.25, 0.3) is 5.91 Å². The first-order chi connectivity index (χ1) is 14.5. The van der Waals surface area contributed by atoms with Crippen LogP contribution in [0.2, 0.25) is 0 Å². The number of rotatable bonds is 5. The van der Waals surface area contributed by atoms with Crippen LogP contribution in [-0.4, -0.2) is 17.5 Å². The van der Waals surface area contributed by atoms with Gasteiger partial charge in [-0.25, -0.2) is 13.8 Å². The predicted molar refractivity (Wildman–Crippen MR) is 112 cm³/mol. The van der Waals surface area contributed by atoms with Gasteiger partial charge in [-0.3, -0.25) is 4.79 Å². The maximum atomic E-state index is 13.8. The third-order valence-electron chi connectivity index (χ3n) is 4.62. The van der Waals surface area contributed by atoms with Crippen LogP contribution in [0.15, 0.2) is 72.8 Å². The second-order valence-corrected chi connectivity index (χ2v) is 6.83. The molecule has 0 spiro atoms. The summed E-state index contributed by atoms with van der Waals surface area (Å²) in [6.45, 7) is 1.32. The lowest BCUT2D eigenvalue weighted by atomic mass is 10.1. The van der Waals surface area contributed by atoms with Gasteiger partial charge in [-0.1, -0.05) is 36.4 Å². The van der Waals surface area contributed by atoms with Crippen molar-refractivity contribution in [3.63, 3.8) is 0 Å². The first-order valence-electron chi connectivity index (χ1n) is 9.34. The van der Waals surface area contributed by atoms with Crippen LogP contribution in [0.4, 0.5) is 14.5 Å². The molecule has 150 valence electrons. The first kappa shape index (κ1) is 19.5. The fraction of sp³-hybridized carbons (Fsp3) is 0.0833. The number of amides is 1. The topological polar surface area (TPSA) is 51.2 Å². The highest BCUT2D eigenvalue weighted by Gasteiger charge is 2.12. The highest BCUT2D eigenvalue weighted by atomic mass is 19.1. The number of carbonyl (C=O) groups is 1. The Morgan fingerprint density at radius 1 is 1.00 bits per heavy atom. The van der Waals surface area contributed by atoms with Crippen LogP contribution < -0.4 is 10.1 Å². The van der Waals surface area contributed by atoms with Crippen LogP contribution in [0, 0.1) is 18.6 Å². The minimum atomic E-state index is -0.458. The van der Waals surface area contributed by atoms with E-state index in [0.29, 0.717) is 33.6 Å². The molecule has 0 aliphatic heterocycles. The lowest BCUT2D eigenvalue weighted by Gasteiger charge is -2.12. The number of nitrogens with zero attached hydrogens (tertiary/aromatic N) is 1. The number of fused-ring (bicyclic) bond motifs is 1. The molecule has 1 amide bonds. The molecule has 6 heteroatoms. The number of hydrogen-bond acceptors (Lipinski definition) is 3. The molecule has 0 aliphatic carbocycles. The maximum Gasteiger partial charge on any atom is 0.262 e. The third kappa shape index (κ3) is 4.27. The van der Waals surface area contributed by atoms with Crippen molar-refractivity contribution in [3.8, 4) is 17.0 Å². The van der Waals surface area contributed by atoms with E-state index >= 15 is 0 Å². The molecule has 0 atom stereocenters. The molecular formula is C24H18F2N2O2. The summed E-state index contributed by atoms with van der Waals surface area (Å²) in [5.74, 6) is -0.956. The molecule has 4 rings (SSSR count). The van der Waals surface area contributed by atoms with Crippen molar-refractivity contribution in [1.29, 1.82) is 0 Å². The lowest BCUT2D eigenvalue weighted by molar-refractivity contribution is -0.118. The van der Waals surface area contributed by atoms with Gasteiger partial charge < -0.3 is 10.1 Å². The first-order valence-corrected chi connectivity index (χ1v) is 9.34. The number of pyridine rings is 1. The average Bonchev–Trinajstić information content (AvgIpc) is 2.75. The standard InChI is InChI=1S/C24H18F2N2O2/c1-15-7-9-18(12-20(15)26)27-24(29)14-30-23-13-22(16-5-3-2-4-6-16)28-21-10-8-17(25)11-19(21)23/h2-13H,14H2,1H3,(H,27,29). The SMILES string of the molecule is Cc1ccc(NC(=O)COc2cc(-c3ccccc3)nc3ccc(F)cc23)cc1F. The van der Waals surface area contributed by atoms with Crippen LogP contribution in [0.3, 0.4) is 0 Å². The molecule has 1 heterocycles. The maximum absolute atomic E-state index is 13.8. The van der Waals surface area contributed by atoms with Crippen molar-refractivity contribution < 1.29 is 18.3 Å². The highest BCUT2D eigenvalue weighted by Crippen LogP contribution is 2.30. The van der Waals surface area contributed by atoms with Gasteiger partial charge >= 0.3 is 0 Å². The summed E-state index contributed by atoms with van der Waals surface area (Å²) in [5.41, 5.74) is 2.89. The summed E-state index contributed by atoms with van der Waals surface area (Å²) in [4.78, 5) is 16.9. The van der Waals surface area contributed by atoms with Gasteiger partial charge in [-0.15, -0.1) is 0 Å². The predicted octanol–water partition coefficient (Wildman–Crippen LogP) is 5.51. The zero-order chi connectivity index (χ0) is 21.1. The smallest absolute Gasteiger partial charge is 0.262 e. The van der Waals surface area contributed by atoms with Gasteiger partial charge in [0.2, 0.25) is 0 Å². The van der Waals surface area contributed by atoms with Crippen molar-refractivity contribution in [3.05, 3.63) is 90.0 Å². The molecule has 0 saturated carbocycles. The van der Waals surface area contributed by atoms with Crippen LogP contribution in [0.25, 0.3) is 22.2 Å². The minimum Gasteiger partial charge on any atom is -0.483 e. The molecule has 4 nitrogen and oxygen atoms in total. The summed E-state index contributed by atoms with van der Waals surface area (Å²) in [6.07, 6.45) is 0. The zero-order valence-electron chi connectivity index (χ0n) is 16.2. The van der Waals surface area contributed by atoms with Gasteiger partial charge in [0.05, 0.1) is 11.2 Å². The van der Waals surface area contributed by atoms with Gasteiger partial charge in [-0.2, -0.15) is 0 Å². The Balaban J connectivity index is 1.59. The molecule has 0 saturated heterocycles. The monoisotopic (exact) mass is 404 g/mol. The third-order valence-corrected chi connectivity index (χ3v) is 4.62. The molecule has 0 aliphatic rings. The summed E-state index contributed by atoms with van der Waals surface area (Å²) in [6, 6.07) is 19.8. The average molecular weight is 404 g/mol. The molecule has 0 radical (unpaired) electrons. The number of benzene rings is 3. The number of hydrogen-bond donors (Lipinski definition) is 1. The summed E-state index contributed by atoms with van der Waals surface area (Å²) in [7, 11) is 0. The molecule has 0 unspecified atom stereocenters. The minimum absolute atomic E-state index is 0.320. The quantitative estimate of drug-likeness (QED) is 0.477. The van der Waals surface area contributed by atoms with Gasteiger partial charge in [0.1, 0.15) is 17.4 Å². The van der Waals surface area contributed by atoms with Crippen molar-refractivity contribution in [2.45, 2.75) is 6.92 Å².